The van der Waals surface area contributed by atoms with Crippen molar-refractivity contribution in [1.82, 2.24) is 20.3 Å². The Hall–Kier alpha value is -3.68. The molecule has 1 amide bonds. The van der Waals surface area contributed by atoms with Crippen LogP contribution in [-0.2, 0) is 10.6 Å². The van der Waals surface area contributed by atoms with Gasteiger partial charge in [0, 0.05) is 29.8 Å². The van der Waals surface area contributed by atoms with Crippen LogP contribution in [0.1, 0.15) is 16.1 Å². The van der Waals surface area contributed by atoms with Crippen molar-refractivity contribution in [2.45, 2.75) is 5.85 Å². The molecule has 1 atom stereocenters. The van der Waals surface area contributed by atoms with E-state index in [2.05, 4.69) is 20.3 Å². The molecule has 0 aliphatic heterocycles. The second kappa shape index (κ2) is 7.75. The van der Waals surface area contributed by atoms with Crippen molar-refractivity contribution in [3.05, 3.63) is 90.5 Å². The number of benzene rings is 2. The van der Waals surface area contributed by atoms with E-state index in [0.717, 1.165) is 11.3 Å². The Morgan fingerprint density at radius 2 is 1.72 bits per heavy atom. The normalized spacial score (nSPS) is 13.0. The number of nitrogens with zero attached hydrogens (tertiary/aromatic N) is 3. The van der Waals surface area contributed by atoms with E-state index in [1.807, 2.05) is 54.6 Å². The van der Waals surface area contributed by atoms with Gasteiger partial charge in [0.2, 0.25) is 5.85 Å². The second-order valence-corrected chi connectivity index (χ2v) is 6.39. The number of methoxy groups -OCH3 is 1. The number of carbonyl (C=O) groups is 1. The lowest BCUT2D eigenvalue weighted by Gasteiger charge is -2.31. The van der Waals surface area contributed by atoms with Gasteiger partial charge in [-0.3, -0.25) is 15.5 Å². The van der Waals surface area contributed by atoms with Gasteiger partial charge in [-0.05, 0) is 18.2 Å². The summed E-state index contributed by atoms with van der Waals surface area (Å²) in [6.45, 7) is 0. The molecule has 7 nitrogen and oxygen atoms in total. The average molecular weight is 385 g/mol. The highest BCUT2D eigenvalue weighted by molar-refractivity contribution is 6.04. The van der Waals surface area contributed by atoms with Gasteiger partial charge in [-0.1, -0.05) is 48.5 Å². The third-order valence-electron chi connectivity index (χ3n) is 4.65. The number of ether oxygens (including phenoxy) is 1. The molecular weight excluding hydrogens is 366 g/mol. The fraction of sp³-hybridized carbons (Fsp3) is 0.0909. The van der Waals surface area contributed by atoms with E-state index in [9.17, 15) is 4.79 Å². The summed E-state index contributed by atoms with van der Waals surface area (Å²) in [7, 11) is 1.44. The Balaban J connectivity index is 1.75. The number of aromatic nitrogens is 3. The molecule has 1 unspecified atom stereocenters. The van der Waals surface area contributed by atoms with Crippen LogP contribution in [0, 0.1) is 0 Å². The van der Waals surface area contributed by atoms with E-state index >= 15 is 0 Å². The smallest absolute Gasteiger partial charge is 0.274 e. The van der Waals surface area contributed by atoms with Crippen LogP contribution in [-0.4, -0.2) is 28.0 Å². The maximum Gasteiger partial charge on any atom is 0.274 e. The Morgan fingerprint density at radius 3 is 2.52 bits per heavy atom. The molecule has 0 saturated carbocycles. The molecule has 2 aromatic heterocycles. The molecule has 3 N–H and O–H groups in total. The van der Waals surface area contributed by atoms with Gasteiger partial charge in [0.05, 0.1) is 11.2 Å². The zero-order valence-electron chi connectivity index (χ0n) is 15.7. The average Bonchev–Trinajstić information content (AvgIpc) is 2.79. The summed E-state index contributed by atoms with van der Waals surface area (Å²) in [6.07, 6.45) is 3.05. The van der Waals surface area contributed by atoms with Crippen LogP contribution in [0.5, 0.6) is 0 Å². The minimum atomic E-state index is -1.59. The number of hydrogen-bond acceptors (Lipinski definition) is 6. The number of hydrogen-bond donors (Lipinski definition) is 2. The number of amides is 1. The number of carbonyl (C=O) groups excluding carboxylic acids is 1. The van der Waals surface area contributed by atoms with Crippen LogP contribution < -0.4 is 11.1 Å². The van der Waals surface area contributed by atoms with Gasteiger partial charge in [0.15, 0.2) is 0 Å². The SMILES string of the molecule is COC(N)(NC(=O)c1ncnc2ccccc12)c1ccccc1-c1ccccn1. The largest absolute Gasteiger partial charge is 0.342 e. The zero-order chi connectivity index (χ0) is 20.3. The minimum absolute atomic E-state index is 0.220. The van der Waals surface area contributed by atoms with E-state index in [1.165, 1.54) is 13.4 Å². The van der Waals surface area contributed by atoms with E-state index in [-0.39, 0.29) is 5.69 Å². The Bertz CT molecular complexity index is 1160. The zero-order valence-corrected chi connectivity index (χ0v) is 15.7. The second-order valence-electron chi connectivity index (χ2n) is 6.39. The van der Waals surface area contributed by atoms with Crippen molar-refractivity contribution in [3.8, 4) is 11.3 Å². The highest BCUT2D eigenvalue weighted by Crippen LogP contribution is 2.29. The van der Waals surface area contributed by atoms with Crippen molar-refractivity contribution >= 4 is 16.8 Å². The first-order valence-corrected chi connectivity index (χ1v) is 8.99. The van der Waals surface area contributed by atoms with Gasteiger partial charge < -0.3 is 10.1 Å². The topological polar surface area (TPSA) is 103 Å². The van der Waals surface area contributed by atoms with Gasteiger partial charge in [-0.25, -0.2) is 9.97 Å². The molecule has 0 fully saturated rings. The van der Waals surface area contributed by atoms with E-state index in [1.54, 1.807) is 18.3 Å². The van der Waals surface area contributed by atoms with Crippen LogP contribution >= 0.6 is 0 Å². The number of nitrogens with two attached hydrogens (primary N) is 1. The summed E-state index contributed by atoms with van der Waals surface area (Å²) < 4.78 is 5.56. The molecular formula is C22H19N5O2. The fourth-order valence-corrected chi connectivity index (χ4v) is 3.19. The Morgan fingerprint density at radius 1 is 0.966 bits per heavy atom. The van der Waals surface area contributed by atoms with Gasteiger partial charge in [0.1, 0.15) is 12.0 Å². The Kier molecular flexibility index (Phi) is 4.99. The van der Waals surface area contributed by atoms with Gasteiger partial charge in [-0.15, -0.1) is 0 Å². The summed E-state index contributed by atoms with van der Waals surface area (Å²) in [6, 6.07) is 20.2. The first kappa shape index (κ1) is 18.7. The van der Waals surface area contributed by atoms with Crippen molar-refractivity contribution in [2.75, 3.05) is 7.11 Å². The number of nitrogens with one attached hydrogen (secondary N) is 1. The lowest BCUT2D eigenvalue weighted by Crippen LogP contribution is -2.55. The number of rotatable bonds is 5. The molecule has 4 aromatic rings. The monoisotopic (exact) mass is 385 g/mol. The van der Waals surface area contributed by atoms with Crippen molar-refractivity contribution in [1.29, 1.82) is 0 Å². The third-order valence-corrected chi connectivity index (χ3v) is 4.65. The molecule has 0 saturated heterocycles. The van der Waals surface area contributed by atoms with Gasteiger partial charge in [0.25, 0.3) is 5.91 Å². The summed E-state index contributed by atoms with van der Waals surface area (Å²) in [5, 5.41) is 3.41. The molecule has 0 aliphatic rings. The summed E-state index contributed by atoms with van der Waals surface area (Å²) >= 11 is 0. The molecule has 0 bridgehead atoms. The van der Waals surface area contributed by atoms with Gasteiger partial charge in [-0.2, -0.15) is 0 Å². The molecule has 29 heavy (non-hydrogen) atoms. The third kappa shape index (κ3) is 3.56. The maximum atomic E-state index is 13.1. The minimum Gasteiger partial charge on any atom is -0.342 e. The van der Waals surface area contributed by atoms with Crippen molar-refractivity contribution < 1.29 is 9.53 Å². The molecule has 144 valence electrons. The Labute approximate surface area is 167 Å². The first-order valence-electron chi connectivity index (χ1n) is 8.99. The van der Waals surface area contributed by atoms with Gasteiger partial charge >= 0.3 is 0 Å². The van der Waals surface area contributed by atoms with Crippen LogP contribution in [0.25, 0.3) is 22.2 Å². The lowest BCUT2D eigenvalue weighted by molar-refractivity contribution is -0.0332. The summed E-state index contributed by atoms with van der Waals surface area (Å²) in [4.78, 5) is 25.8. The summed E-state index contributed by atoms with van der Waals surface area (Å²) in [5.41, 5.74) is 9.45. The molecule has 4 rings (SSSR count). The highest BCUT2D eigenvalue weighted by atomic mass is 16.5. The van der Waals surface area contributed by atoms with Crippen molar-refractivity contribution in [2.24, 2.45) is 5.73 Å². The standard InChI is InChI=1S/C22H19N5O2/c1-29-22(23,17-10-4-2-8-15(17)18-12-6-7-13-24-18)27-21(28)20-16-9-3-5-11-19(16)25-14-26-20/h2-14H,23H2,1H3,(H,27,28). The quantitative estimate of drug-likeness (QED) is 0.512. The maximum absolute atomic E-state index is 13.1. The first-order chi connectivity index (χ1) is 14.1. The predicted molar refractivity (Wildman–Crippen MR) is 110 cm³/mol. The number of para-hydroxylation sites is 1. The predicted octanol–water partition coefficient (Wildman–Crippen LogP) is 2.84. The van der Waals surface area contributed by atoms with E-state index in [0.29, 0.717) is 16.5 Å². The van der Waals surface area contributed by atoms with Crippen LogP contribution in [0.4, 0.5) is 0 Å². The van der Waals surface area contributed by atoms with Crippen LogP contribution in [0.3, 0.4) is 0 Å². The molecule has 7 heteroatoms. The van der Waals surface area contributed by atoms with E-state index < -0.39 is 11.8 Å². The van der Waals surface area contributed by atoms with Crippen molar-refractivity contribution in [3.63, 3.8) is 0 Å². The number of pyridine rings is 1. The molecule has 2 aromatic carbocycles. The molecule has 0 spiro atoms. The fourth-order valence-electron chi connectivity index (χ4n) is 3.19. The number of fused-ring (bicyclic) bond motifs is 1. The molecule has 0 aliphatic carbocycles. The lowest BCUT2D eigenvalue weighted by atomic mass is 9.99. The summed E-state index contributed by atoms with van der Waals surface area (Å²) in [5.74, 6) is -2.05. The van der Waals surface area contributed by atoms with Crippen LogP contribution in [0.15, 0.2) is 79.3 Å². The van der Waals surface area contributed by atoms with E-state index in [4.69, 9.17) is 10.5 Å². The molecule has 0 radical (unpaired) electrons. The highest BCUT2D eigenvalue weighted by Gasteiger charge is 2.33. The van der Waals surface area contributed by atoms with Crippen LogP contribution in [0.2, 0.25) is 0 Å². The molecule has 2 heterocycles.